The van der Waals surface area contributed by atoms with Gasteiger partial charge in [0.15, 0.2) is 0 Å². The second kappa shape index (κ2) is 9.37. The molecule has 0 bridgehead atoms. The van der Waals surface area contributed by atoms with Crippen molar-refractivity contribution in [1.82, 2.24) is 0 Å². The highest BCUT2D eigenvalue weighted by molar-refractivity contribution is 5.67. The molecule has 0 fully saturated rings. The van der Waals surface area contributed by atoms with Gasteiger partial charge in [0, 0.05) is 27.2 Å². The Morgan fingerprint density at radius 3 is 1.48 bits per heavy atom. The largest absolute Gasteiger partial charge is 0.462 e. The summed E-state index contributed by atoms with van der Waals surface area (Å²) in [5.41, 5.74) is 0. The molecule has 0 aromatic heterocycles. The first-order valence-corrected chi connectivity index (χ1v) is 7.19. The first kappa shape index (κ1) is 19.4. The van der Waals surface area contributed by atoms with Gasteiger partial charge in [0.2, 0.25) is 0 Å². The molecule has 0 amide bonds. The minimum Gasteiger partial charge on any atom is -0.462 e. The Bertz CT molecular complexity index is 363. The average molecular weight is 302 g/mol. The fraction of sp³-hybridized carbons (Fsp3) is 0.800. The second-order valence-corrected chi connectivity index (χ2v) is 5.33. The Hall–Kier alpha value is -1.59. The fourth-order valence-electron chi connectivity index (χ4n) is 2.02. The maximum Gasteiger partial charge on any atom is 0.303 e. The van der Waals surface area contributed by atoms with Gasteiger partial charge in [-0.1, -0.05) is 20.8 Å². The van der Waals surface area contributed by atoms with E-state index in [-0.39, 0.29) is 5.92 Å². The zero-order valence-electron chi connectivity index (χ0n) is 13.7. The molecule has 0 aliphatic carbocycles. The van der Waals surface area contributed by atoms with Gasteiger partial charge in [-0.3, -0.25) is 14.4 Å². The van der Waals surface area contributed by atoms with E-state index in [9.17, 15) is 14.4 Å². The van der Waals surface area contributed by atoms with E-state index in [1.54, 1.807) is 0 Å². The lowest BCUT2D eigenvalue weighted by Crippen LogP contribution is -2.39. The molecule has 0 saturated carbocycles. The van der Waals surface area contributed by atoms with Crippen LogP contribution in [-0.2, 0) is 28.6 Å². The lowest BCUT2D eigenvalue weighted by atomic mass is 9.97. The summed E-state index contributed by atoms with van der Waals surface area (Å²) in [6, 6.07) is 0. The number of carbonyl (C=O) groups is 3. The standard InChI is InChI=1S/C15H26O6/c1-7-13(19-10(4)16)15(21-12(6)18)8-14(9(2)3)20-11(5)17/h9,13-15H,7-8H2,1-6H3/t13-,14-,15+/m1/s1. The molecule has 0 aromatic rings. The van der Waals surface area contributed by atoms with Crippen molar-refractivity contribution in [1.29, 1.82) is 0 Å². The van der Waals surface area contributed by atoms with E-state index in [2.05, 4.69) is 0 Å². The van der Waals surface area contributed by atoms with Crippen LogP contribution in [0.3, 0.4) is 0 Å². The molecule has 0 heterocycles. The monoisotopic (exact) mass is 302 g/mol. The Morgan fingerprint density at radius 2 is 1.14 bits per heavy atom. The lowest BCUT2D eigenvalue weighted by molar-refractivity contribution is -0.171. The van der Waals surface area contributed by atoms with Gasteiger partial charge in [0.05, 0.1) is 0 Å². The highest BCUT2D eigenvalue weighted by Crippen LogP contribution is 2.21. The highest BCUT2D eigenvalue weighted by Gasteiger charge is 2.31. The number of esters is 3. The molecule has 21 heavy (non-hydrogen) atoms. The Balaban J connectivity index is 5.04. The van der Waals surface area contributed by atoms with Gasteiger partial charge in [-0.15, -0.1) is 0 Å². The molecule has 6 nitrogen and oxygen atoms in total. The zero-order valence-corrected chi connectivity index (χ0v) is 13.7. The van der Waals surface area contributed by atoms with Crippen LogP contribution in [0.25, 0.3) is 0 Å². The Kier molecular flexibility index (Phi) is 8.66. The van der Waals surface area contributed by atoms with E-state index in [0.29, 0.717) is 12.8 Å². The van der Waals surface area contributed by atoms with E-state index in [1.165, 1.54) is 20.8 Å². The van der Waals surface area contributed by atoms with Crippen LogP contribution in [0, 0.1) is 5.92 Å². The van der Waals surface area contributed by atoms with Crippen molar-refractivity contribution in [3.8, 4) is 0 Å². The van der Waals surface area contributed by atoms with Gasteiger partial charge in [0.25, 0.3) is 0 Å². The third-order valence-electron chi connectivity index (χ3n) is 2.98. The van der Waals surface area contributed by atoms with Crippen LogP contribution in [0.2, 0.25) is 0 Å². The minimum atomic E-state index is -0.636. The van der Waals surface area contributed by atoms with Gasteiger partial charge in [0.1, 0.15) is 18.3 Å². The third kappa shape index (κ3) is 8.32. The van der Waals surface area contributed by atoms with E-state index in [0.717, 1.165) is 0 Å². The molecule has 0 aliphatic rings. The molecular formula is C15H26O6. The van der Waals surface area contributed by atoms with Crippen LogP contribution in [-0.4, -0.2) is 36.2 Å². The maximum atomic E-state index is 11.3. The van der Waals surface area contributed by atoms with Gasteiger partial charge < -0.3 is 14.2 Å². The summed E-state index contributed by atoms with van der Waals surface area (Å²) < 4.78 is 15.7. The van der Waals surface area contributed by atoms with Crippen LogP contribution < -0.4 is 0 Å². The smallest absolute Gasteiger partial charge is 0.303 e. The summed E-state index contributed by atoms with van der Waals surface area (Å²) in [5.74, 6) is -1.24. The van der Waals surface area contributed by atoms with E-state index in [1.807, 2.05) is 20.8 Å². The number of hydrogen-bond acceptors (Lipinski definition) is 6. The molecule has 0 saturated heterocycles. The molecule has 0 aromatic carbocycles. The lowest BCUT2D eigenvalue weighted by Gasteiger charge is -2.30. The highest BCUT2D eigenvalue weighted by atomic mass is 16.6. The van der Waals surface area contributed by atoms with E-state index >= 15 is 0 Å². The van der Waals surface area contributed by atoms with Gasteiger partial charge in [-0.2, -0.15) is 0 Å². The normalized spacial score (nSPS) is 15.0. The first-order chi connectivity index (χ1) is 9.67. The predicted molar refractivity (Wildman–Crippen MR) is 76.4 cm³/mol. The van der Waals surface area contributed by atoms with Crippen molar-refractivity contribution in [3.63, 3.8) is 0 Å². The predicted octanol–water partition coefficient (Wildman–Crippen LogP) is 2.24. The van der Waals surface area contributed by atoms with Crippen molar-refractivity contribution in [2.45, 2.75) is 72.7 Å². The van der Waals surface area contributed by atoms with E-state index in [4.69, 9.17) is 14.2 Å². The summed E-state index contributed by atoms with van der Waals surface area (Å²) in [6.45, 7) is 9.58. The summed E-state index contributed by atoms with van der Waals surface area (Å²) >= 11 is 0. The molecule has 6 heteroatoms. The molecular weight excluding hydrogens is 276 g/mol. The molecule has 122 valence electrons. The number of ether oxygens (including phenoxy) is 3. The van der Waals surface area contributed by atoms with Gasteiger partial charge in [-0.05, 0) is 12.3 Å². The minimum absolute atomic E-state index is 0.0572. The van der Waals surface area contributed by atoms with Crippen molar-refractivity contribution in [2.75, 3.05) is 0 Å². The molecule has 0 spiro atoms. The van der Waals surface area contributed by atoms with Crippen LogP contribution in [0.4, 0.5) is 0 Å². The molecule has 0 unspecified atom stereocenters. The summed E-state index contributed by atoms with van der Waals surface area (Å²) in [7, 11) is 0. The van der Waals surface area contributed by atoms with Crippen molar-refractivity contribution in [2.24, 2.45) is 5.92 Å². The third-order valence-corrected chi connectivity index (χ3v) is 2.98. The topological polar surface area (TPSA) is 78.9 Å². The Morgan fingerprint density at radius 1 is 0.762 bits per heavy atom. The maximum absolute atomic E-state index is 11.3. The fourth-order valence-corrected chi connectivity index (χ4v) is 2.02. The summed E-state index contributed by atoms with van der Waals surface area (Å²) in [5, 5.41) is 0. The SMILES string of the molecule is CC[C@@H](OC(C)=O)[C@H](C[C@@H](OC(C)=O)C(C)C)OC(C)=O. The van der Waals surface area contributed by atoms with Crippen molar-refractivity contribution in [3.05, 3.63) is 0 Å². The summed E-state index contributed by atoms with van der Waals surface area (Å²) in [4.78, 5) is 33.6. The van der Waals surface area contributed by atoms with E-state index < -0.39 is 36.2 Å². The second-order valence-electron chi connectivity index (χ2n) is 5.33. The molecule has 0 aliphatic heterocycles. The van der Waals surface area contributed by atoms with Crippen LogP contribution >= 0.6 is 0 Å². The van der Waals surface area contributed by atoms with Crippen molar-refractivity contribution < 1.29 is 28.6 Å². The molecule has 3 atom stereocenters. The summed E-state index contributed by atoms with van der Waals surface area (Å²) in [6.07, 6.45) is -0.798. The quantitative estimate of drug-likeness (QED) is 0.505. The van der Waals surface area contributed by atoms with Crippen LogP contribution in [0.5, 0.6) is 0 Å². The molecule has 0 radical (unpaired) electrons. The number of hydrogen-bond donors (Lipinski definition) is 0. The van der Waals surface area contributed by atoms with Gasteiger partial charge >= 0.3 is 17.9 Å². The molecule has 0 N–H and O–H groups in total. The van der Waals surface area contributed by atoms with Crippen LogP contribution in [0.1, 0.15) is 54.4 Å². The zero-order chi connectivity index (χ0) is 16.6. The Labute approximate surface area is 126 Å². The number of carbonyl (C=O) groups excluding carboxylic acids is 3. The van der Waals surface area contributed by atoms with Crippen LogP contribution in [0.15, 0.2) is 0 Å². The molecule has 0 rings (SSSR count). The number of rotatable bonds is 8. The first-order valence-electron chi connectivity index (χ1n) is 7.19. The van der Waals surface area contributed by atoms with Crippen molar-refractivity contribution >= 4 is 17.9 Å². The average Bonchev–Trinajstić information content (AvgIpc) is 2.32. The van der Waals surface area contributed by atoms with Gasteiger partial charge in [-0.25, -0.2) is 0 Å².